The van der Waals surface area contributed by atoms with Crippen LogP contribution in [0, 0.1) is 0 Å². The van der Waals surface area contributed by atoms with Crippen molar-refractivity contribution >= 4 is 16.2 Å². The molecule has 2 atom stereocenters. The number of aliphatic hydroxyl groups excluding tert-OH is 1. The van der Waals surface area contributed by atoms with Crippen LogP contribution >= 0.6 is 0 Å². The molecule has 0 aromatic heterocycles. The molecule has 0 aliphatic rings. The number of benzene rings is 1. The van der Waals surface area contributed by atoms with Crippen molar-refractivity contribution in [3.63, 3.8) is 0 Å². The number of alkyl carbamates (subject to hydrolysis) is 1. The fourth-order valence-electron chi connectivity index (χ4n) is 1.54. The highest BCUT2D eigenvalue weighted by Gasteiger charge is 2.15. The monoisotopic (exact) mass is 333 g/mol. The molecule has 0 heterocycles. The van der Waals surface area contributed by atoms with Crippen LogP contribution in [0.5, 0.6) is 0 Å². The maximum absolute atomic E-state index is 11.4. The molecule has 1 amide bonds. The predicted molar refractivity (Wildman–Crippen MR) is 77.5 cm³/mol. The van der Waals surface area contributed by atoms with Gasteiger partial charge in [0.2, 0.25) is 6.29 Å². The summed E-state index contributed by atoms with van der Waals surface area (Å²) in [5, 5.41) is 12.1. The second kappa shape index (κ2) is 8.69. The summed E-state index contributed by atoms with van der Waals surface area (Å²) in [7, 11) is -4.04. The van der Waals surface area contributed by atoms with Gasteiger partial charge in [-0.1, -0.05) is 30.3 Å². The number of carbonyl (C=O) groups excluding carboxylic acids is 1. The first-order valence-corrected chi connectivity index (χ1v) is 8.17. The first kappa shape index (κ1) is 18.4. The molecule has 0 aliphatic carbocycles. The lowest BCUT2D eigenvalue weighted by molar-refractivity contribution is -0.202. The Morgan fingerprint density at radius 2 is 1.95 bits per heavy atom. The largest absolute Gasteiger partial charge is 0.420 e. The maximum atomic E-state index is 11.4. The van der Waals surface area contributed by atoms with Gasteiger partial charge in [-0.3, -0.25) is 4.55 Å². The molecule has 0 bridgehead atoms. The average Bonchev–Trinajstić information content (AvgIpc) is 2.43. The number of hydrogen-bond acceptors (Lipinski definition) is 6. The first-order valence-electron chi connectivity index (χ1n) is 6.56. The van der Waals surface area contributed by atoms with Gasteiger partial charge in [0.05, 0.1) is 5.75 Å². The summed E-state index contributed by atoms with van der Waals surface area (Å²) in [5.74, 6) is -0.452. The number of carbonyl (C=O) groups is 1. The SMILES string of the molecule is CC(OC(=O)NCCCS(=O)(=O)O)OC(O)c1ccccc1. The summed E-state index contributed by atoms with van der Waals surface area (Å²) in [6, 6.07) is 8.57. The molecule has 0 saturated heterocycles. The highest BCUT2D eigenvalue weighted by atomic mass is 32.2. The number of ether oxygens (including phenoxy) is 2. The Bertz CT molecular complexity index is 561. The fourth-order valence-corrected chi connectivity index (χ4v) is 2.05. The molecule has 0 aliphatic heterocycles. The average molecular weight is 333 g/mol. The van der Waals surface area contributed by atoms with E-state index in [9.17, 15) is 18.3 Å². The molecule has 2 unspecified atom stereocenters. The van der Waals surface area contributed by atoms with Crippen molar-refractivity contribution in [2.75, 3.05) is 12.3 Å². The van der Waals surface area contributed by atoms with Gasteiger partial charge in [0, 0.05) is 12.1 Å². The van der Waals surface area contributed by atoms with Crippen LogP contribution < -0.4 is 5.32 Å². The van der Waals surface area contributed by atoms with Gasteiger partial charge in [0.1, 0.15) is 0 Å². The van der Waals surface area contributed by atoms with Crippen LogP contribution in [-0.4, -0.2) is 42.8 Å². The van der Waals surface area contributed by atoms with Crippen molar-refractivity contribution in [1.82, 2.24) is 5.32 Å². The maximum Gasteiger partial charge on any atom is 0.409 e. The summed E-state index contributed by atoms with van der Waals surface area (Å²) in [6.07, 6.45) is -3.00. The number of aliphatic hydroxyl groups is 1. The second-order valence-electron chi connectivity index (χ2n) is 4.44. The molecule has 0 radical (unpaired) electrons. The number of nitrogens with one attached hydrogen (secondary N) is 1. The van der Waals surface area contributed by atoms with Crippen LogP contribution in [0.1, 0.15) is 25.2 Å². The van der Waals surface area contributed by atoms with Crippen molar-refractivity contribution in [3.05, 3.63) is 35.9 Å². The van der Waals surface area contributed by atoms with E-state index in [-0.39, 0.29) is 13.0 Å². The van der Waals surface area contributed by atoms with Crippen molar-refractivity contribution in [3.8, 4) is 0 Å². The molecular formula is C13H19NO7S. The summed E-state index contributed by atoms with van der Waals surface area (Å²) >= 11 is 0. The summed E-state index contributed by atoms with van der Waals surface area (Å²) in [4.78, 5) is 11.4. The standard InChI is InChI=1S/C13H19NO7S/c1-10(20-12(15)11-6-3-2-4-7-11)21-13(16)14-8-5-9-22(17,18)19/h2-4,6-7,10,12,15H,5,8-9H2,1H3,(H,14,16)(H,17,18,19). The summed E-state index contributed by atoms with van der Waals surface area (Å²) in [5.41, 5.74) is 0.520. The van der Waals surface area contributed by atoms with E-state index in [0.29, 0.717) is 5.56 Å². The minimum atomic E-state index is -4.04. The first-order chi connectivity index (χ1) is 10.3. The summed E-state index contributed by atoms with van der Waals surface area (Å²) < 4.78 is 39.4. The zero-order valence-electron chi connectivity index (χ0n) is 12.0. The molecule has 124 valence electrons. The molecule has 0 fully saturated rings. The van der Waals surface area contributed by atoms with Gasteiger partial charge < -0.3 is 19.9 Å². The van der Waals surface area contributed by atoms with Gasteiger partial charge in [-0.05, 0) is 13.3 Å². The molecule has 3 N–H and O–H groups in total. The molecule has 0 saturated carbocycles. The van der Waals surface area contributed by atoms with E-state index in [1.54, 1.807) is 30.3 Å². The molecule has 8 nitrogen and oxygen atoms in total. The number of amides is 1. The summed E-state index contributed by atoms with van der Waals surface area (Å²) in [6.45, 7) is 1.45. The quantitative estimate of drug-likeness (QED) is 0.369. The zero-order chi connectivity index (χ0) is 16.6. The van der Waals surface area contributed by atoms with Crippen molar-refractivity contribution in [1.29, 1.82) is 0 Å². The molecular weight excluding hydrogens is 314 g/mol. The minimum absolute atomic E-state index is 0.0204. The van der Waals surface area contributed by atoms with Gasteiger partial charge in [-0.2, -0.15) is 8.42 Å². The molecule has 1 aromatic carbocycles. The van der Waals surface area contributed by atoms with E-state index in [4.69, 9.17) is 14.0 Å². The number of hydrogen-bond donors (Lipinski definition) is 3. The van der Waals surface area contributed by atoms with Crippen LogP contribution in [0.3, 0.4) is 0 Å². The lowest BCUT2D eigenvalue weighted by atomic mass is 10.2. The molecule has 9 heteroatoms. The lowest BCUT2D eigenvalue weighted by Crippen LogP contribution is -2.31. The van der Waals surface area contributed by atoms with Gasteiger partial charge in [0.15, 0.2) is 6.29 Å². The molecule has 1 aromatic rings. The van der Waals surface area contributed by atoms with Crippen LogP contribution in [0.15, 0.2) is 30.3 Å². The Morgan fingerprint density at radius 3 is 2.55 bits per heavy atom. The number of rotatable bonds is 8. The highest BCUT2D eigenvalue weighted by Crippen LogP contribution is 2.15. The lowest BCUT2D eigenvalue weighted by Gasteiger charge is -2.18. The van der Waals surface area contributed by atoms with E-state index in [1.165, 1.54) is 6.92 Å². The van der Waals surface area contributed by atoms with Gasteiger partial charge in [0.25, 0.3) is 10.1 Å². The highest BCUT2D eigenvalue weighted by molar-refractivity contribution is 7.85. The van der Waals surface area contributed by atoms with E-state index in [2.05, 4.69) is 5.32 Å². The Balaban J connectivity index is 2.26. The Kier molecular flexibility index (Phi) is 7.25. The van der Waals surface area contributed by atoms with Gasteiger partial charge >= 0.3 is 6.09 Å². The third-order valence-corrected chi connectivity index (χ3v) is 3.33. The van der Waals surface area contributed by atoms with Crippen molar-refractivity contribution in [2.45, 2.75) is 25.9 Å². The van der Waals surface area contributed by atoms with Crippen molar-refractivity contribution < 1.29 is 32.3 Å². The predicted octanol–water partition coefficient (Wildman–Crippen LogP) is 1.04. The van der Waals surface area contributed by atoms with Crippen LogP contribution in [0.25, 0.3) is 0 Å². The smallest absolute Gasteiger partial charge is 0.409 e. The minimum Gasteiger partial charge on any atom is -0.420 e. The van der Waals surface area contributed by atoms with E-state index < -0.39 is 34.5 Å². The third-order valence-electron chi connectivity index (χ3n) is 2.53. The Labute approximate surface area is 128 Å². The topological polar surface area (TPSA) is 122 Å². The Hall–Kier alpha value is -1.68. The molecule has 22 heavy (non-hydrogen) atoms. The van der Waals surface area contributed by atoms with Gasteiger partial charge in [-0.15, -0.1) is 0 Å². The van der Waals surface area contributed by atoms with Crippen molar-refractivity contribution in [2.24, 2.45) is 0 Å². The van der Waals surface area contributed by atoms with E-state index in [0.717, 1.165) is 0 Å². The van der Waals surface area contributed by atoms with Crippen LogP contribution in [0.4, 0.5) is 4.79 Å². The molecule has 1 rings (SSSR count). The van der Waals surface area contributed by atoms with Gasteiger partial charge in [-0.25, -0.2) is 4.79 Å². The second-order valence-corrected chi connectivity index (χ2v) is 6.01. The van der Waals surface area contributed by atoms with E-state index in [1.807, 2.05) is 0 Å². The molecule has 0 spiro atoms. The Morgan fingerprint density at radius 1 is 1.32 bits per heavy atom. The van der Waals surface area contributed by atoms with Crippen LogP contribution in [0.2, 0.25) is 0 Å². The zero-order valence-corrected chi connectivity index (χ0v) is 12.8. The fraction of sp³-hybridized carbons (Fsp3) is 0.462. The van der Waals surface area contributed by atoms with E-state index >= 15 is 0 Å². The van der Waals surface area contributed by atoms with Crippen LogP contribution in [-0.2, 0) is 19.6 Å². The third kappa shape index (κ3) is 7.93. The normalized spacial score (nSPS) is 14.1.